The van der Waals surface area contributed by atoms with Gasteiger partial charge in [0.2, 0.25) is 5.91 Å². The molecule has 6 heteroatoms. The van der Waals surface area contributed by atoms with Crippen molar-refractivity contribution in [2.45, 2.75) is 0 Å². The van der Waals surface area contributed by atoms with Gasteiger partial charge in [0, 0.05) is 31.1 Å². The van der Waals surface area contributed by atoms with Gasteiger partial charge in [0.05, 0.1) is 11.2 Å². The number of rotatable bonds is 3. The van der Waals surface area contributed by atoms with E-state index in [-0.39, 0.29) is 5.91 Å². The zero-order valence-corrected chi connectivity index (χ0v) is 10.4. The molecule has 0 aliphatic heterocycles. The van der Waals surface area contributed by atoms with Gasteiger partial charge in [-0.3, -0.25) is 9.48 Å². The molecule has 0 atom stereocenters. The number of anilines is 1. The van der Waals surface area contributed by atoms with Gasteiger partial charge in [-0.25, -0.2) is 4.98 Å². The minimum Gasteiger partial charge on any atom is -0.307 e. The molecule has 1 amide bonds. The second-order valence-electron chi connectivity index (χ2n) is 3.63. The van der Waals surface area contributed by atoms with Crippen molar-refractivity contribution >= 4 is 29.4 Å². The lowest BCUT2D eigenvalue weighted by Crippen LogP contribution is -2.08. The number of nitrogens with zero attached hydrogens (tertiary/aromatic N) is 3. The van der Waals surface area contributed by atoms with Crippen LogP contribution in [0.4, 0.5) is 5.82 Å². The van der Waals surface area contributed by atoms with E-state index >= 15 is 0 Å². The number of halogens is 1. The summed E-state index contributed by atoms with van der Waals surface area (Å²) in [6.45, 7) is 0. The molecule has 0 aliphatic rings. The first kappa shape index (κ1) is 12.3. The van der Waals surface area contributed by atoms with Crippen LogP contribution >= 0.6 is 11.6 Å². The molecule has 0 fully saturated rings. The Labute approximate surface area is 109 Å². The van der Waals surface area contributed by atoms with Gasteiger partial charge < -0.3 is 5.32 Å². The Morgan fingerprint density at radius 2 is 2.28 bits per heavy atom. The first-order valence-electron chi connectivity index (χ1n) is 5.23. The molecule has 0 unspecified atom stereocenters. The monoisotopic (exact) mass is 262 g/mol. The first-order chi connectivity index (χ1) is 8.63. The predicted octanol–water partition coefficient (Wildman–Crippen LogP) is 2.12. The third-order valence-corrected chi connectivity index (χ3v) is 2.35. The zero-order chi connectivity index (χ0) is 13.0. The van der Waals surface area contributed by atoms with Gasteiger partial charge >= 0.3 is 0 Å². The van der Waals surface area contributed by atoms with Gasteiger partial charge in [0.15, 0.2) is 0 Å². The number of hydrogen-bond acceptors (Lipinski definition) is 3. The van der Waals surface area contributed by atoms with Gasteiger partial charge in [-0.2, -0.15) is 5.10 Å². The maximum Gasteiger partial charge on any atom is 0.249 e. The Hall–Kier alpha value is -2.14. The normalized spacial score (nSPS) is 10.8. The molecule has 0 bridgehead atoms. The third-order valence-electron chi connectivity index (χ3n) is 2.13. The molecule has 2 aromatic rings. The molecule has 0 saturated heterocycles. The van der Waals surface area contributed by atoms with E-state index < -0.39 is 0 Å². The standard InChI is InChI=1S/C12H11ClN4O/c1-17-8-9(6-15-17)2-5-12(18)16-11-4-3-10(13)7-14-11/h2-8H,1H3,(H,14,16,18)/b5-2+. The molecule has 5 nitrogen and oxygen atoms in total. The van der Waals surface area contributed by atoms with Crippen LogP contribution in [0.15, 0.2) is 36.8 Å². The summed E-state index contributed by atoms with van der Waals surface area (Å²) >= 11 is 5.69. The number of aromatic nitrogens is 3. The molecule has 0 aromatic carbocycles. The van der Waals surface area contributed by atoms with Gasteiger partial charge in [-0.15, -0.1) is 0 Å². The lowest BCUT2D eigenvalue weighted by Gasteiger charge is -1.99. The van der Waals surface area contributed by atoms with Crippen molar-refractivity contribution in [3.05, 3.63) is 47.4 Å². The predicted molar refractivity (Wildman–Crippen MR) is 70.1 cm³/mol. The summed E-state index contributed by atoms with van der Waals surface area (Å²) < 4.78 is 1.67. The van der Waals surface area contributed by atoms with E-state index in [2.05, 4.69) is 15.4 Å². The highest BCUT2D eigenvalue weighted by Crippen LogP contribution is 2.09. The van der Waals surface area contributed by atoms with Crippen molar-refractivity contribution in [2.24, 2.45) is 7.05 Å². The Morgan fingerprint density at radius 1 is 1.44 bits per heavy atom. The molecule has 2 heterocycles. The molecule has 18 heavy (non-hydrogen) atoms. The van der Waals surface area contributed by atoms with Gasteiger partial charge in [0.1, 0.15) is 5.82 Å². The molecule has 92 valence electrons. The summed E-state index contributed by atoms with van der Waals surface area (Å²) in [5.74, 6) is 0.203. The maximum atomic E-state index is 11.6. The van der Waals surface area contributed by atoms with Crippen LogP contribution in [-0.4, -0.2) is 20.7 Å². The molecule has 0 radical (unpaired) electrons. The summed E-state index contributed by atoms with van der Waals surface area (Å²) in [5, 5.41) is 7.15. The highest BCUT2D eigenvalue weighted by Gasteiger charge is 1.99. The van der Waals surface area contributed by atoms with Crippen LogP contribution < -0.4 is 5.32 Å². The topological polar surface area (TPSA) is 59.8 Å². The second kappa shape index (κ2) is 5.46. The largest absolute Gasteiger partial charge is 0.307 e. The summed E-state index contributed by atoms with van der Waals surface area (Å²) in [6.07, 6.45) is 8.06. The van der Waals surface area contributed by atoms with Crippen LogP contribution in [0.1, 0.15) is 5.56 Å². The van der Waals surface area contributed by atoms with E-state index in [1.54, 1.807) is 29.1 Å². The summed E-state index contributed by atoms with van der Waals surface area (Å²) in [6, 6.07) is 3.30. The molecular formula is C12H11ClN4O. The average molecular weight is 263 g/mol. The molecule has 2 rings (SSSR count). The number of aryl methyl sites for hydroxylation is 1. The first-order valence-corrected chi connectivity index (χ1v) is 5.60. The van der Waals surface area contributed by atoms with Crippen molar-refractivity contribution in [2.75, 3.05) is 5.32 Å². The fraction of sp³-hybridized carbons (Fsp3) is 0.0833. The SMILES string of the molecule is Cn1cc(/C=C/C(=O)Nc2ccc(Cl)cn2)cn1. The van der Waals surface area contributed by atoms with Crippen LogP contribution in [0.3, 0.4) is 0 Å². The van der Waals surface area contributed by atoms with Crippen molar-refractivity contribution in [1.82, 2.24) is 14.8 Å². The highest BCUT2D eigenvalue weighted by molar-refractivity contribution is 6.30. The van der Waals surface area contributed by atoms with E-state index in [1.165, 1.54) is 12.3 Å². The fourth-order valence-electron chi connectivity index (χ4n) is 1.32. The number of nitrogens with one attached hydrogen (secondary N) is 1. The molecular weight excluding hydrogens is 252 g/mol. The third kappa shape index (κ3) is 3.43. The number of carbonyl (C=O) groups excluding carboxylic acids is 1. The Balaban J connectivity index is 1.96. The smallest absolute Gasteiger partial charge is 0.249 e. The molecule has 2 aromatic heterocycles. The van der Waals surface area contributed by atoms with E-state index in [0.29, 0.717) is 10.8 Å². The van der Waals surface area contributed by atoms with Crippen molar-refractivity contribution in [1.29, 1.82) is 0 Å². The minimum atomic E-state index is -0.256. The molecule has 0 aliphatic carbocycles. The minimum absolute atomic E-state index is 0.256. The van der Waals surface area contributed by atoms with Crippen LogP contribution in [-0.2, 0) is 11.8 Å². The highest BCUT2D eigenvalue weighted by atomic mass is 35.5. The van der Waals surface area contributed by atoms with Crippen molar-refractivity contribution in [3.63, 3.8) is 0 Å². The summed E-state index contributed by atoms with van der Waals surface area (Å²) in [5.41, 5.74) is 0.858. The number of amides is 1. The van der Waals surface area contributed by atoms with Crippen LogP contribution in [0.5, 0.6) is 0 Å². The molecule has 0 spiro atoms. The average Bonchev–Trinajstić information content (AvgIpc) is 2.76. The zero-order valence-electron chi connectivity index (χ0n) is 9.67. The fourth-order valence-corrected chi connectivity index (χ4v) is 1.43. The number of hydrogen-bond donors (Lipinski definition) is 1. The maximum absolute atomic E-state index is 11.6. The van der Waals surface area contributed by atoms with Crippen molar-refractivity contribution in [3.8, 4) is 0 Å². The van der Waals surface area contributed by atoms with E-state index in [9.17, 15) is 4.79 Å². The van der Waals surface area contributed by atoms with Crippen LogP contribution in [0.25, 0.3) is 6.08 Å². The Kier molecular flexibility index (Phi) is 3.74. The summed E-state index contributed by atoms with van der Waals surface area (Å²) in [7, 11) is 1.81. The van der Waals surface area contributed by atoms with Gasteiger partial charge in [-0.05, 0) is 18.2 Å². The van der Waals surface area contributed by atoms with Gasteiger partial charge in [-0.1, -0.05) is 11.6 Å². The Bertz CT molecular complexity index is 574. The summed E-state index contributed by atoms with van der Waals surface area (Å²) in [4.78, 5) is 15.5. The van der Waals surface area contributed by atoms with Gasteiger partial charge in [0.25, 0.3) is 0 Å². The second-order valence-corrected chi connectivity index (χ2v) is 4.07. The van der Waals surface area contributed by atoms with Crippen LogP contribution in [0, 0.1) is 0 Å². The lowest BCUT2D eigenvalue weighted by molar-refractivity contribution is -0.111. The van der Waals surface area contributed by atoms with E-state index in [4.69, 9.17) is 11.6 Å². The quantitative estimate of drug-likeness (QED) is 0.862. The lowest BCUT2D eigenvalue weighted by atomic mass is 10.3. The molecule has 0 saturated carbocycles. The number of pyridine rings is 1. The van der Waals surface area contributed by atoms with E-state index in [0.717, 1.165) is 5.56 Å². The number of carbonyl (C=O) groups is 1. The molecule has 1 N–H and O–H groups in total. The Morgan fingerprint density at radius 3 is 2.89 bits per heavy atom. The van der Waals surface area contributed by atoms with Crippen molar-refractivity contribution < 1.29 is 4.79 Å². The van der Waals surface area contributed by atoms with Crippen LogP contribution in [0.2, 0.25) is 5.02 Å². The van der Waals surface area contributed by atoms with E-state index in [1.807, 2.05) is 13.2 Å².